The van der Waals surface area contributed by atoms with E-state index in [1.54, 1.807) is 29.1 Å². The molecule has 6 amide bonds. The van der Waals surface area contributed by atoms with Crippen LogP contribution >= 0.6 is 0 Å². The molecule has 0 bridgehead atoms. The lowest BCUT2D eigenvalue weighted by Gasteiger charge is -2.27. The van der Waals surface area contributed by atoms with Gasteiger partial charge in [-0.25, -0.2) is 0 Å². The van der Waals surface area contributed by atoms with E-state index in [9.17, 15) is 28.8 Å². The lowest BCUT2D eigenvalue weighted by atomic mass is 10.0. The van der Waals surface area contributed by atoms with Gasteiger partial charge in [-0.1, -0.05) is 6.07 Å². The van der Waals surface area contributed by atoms with Crippen LogP contribution in [0.3, 0.4) is 0 Å². The van der Waals surface area contributed by atoms with Crippen molar-refractivity contribution in [3.05, 3.63) is 47.2 Å². The second-order valence-electron chi connectivity index (χ2n) is 8.20. The summed E-state index contributed by atoms with van der Waals surface area (Å²) < 4.78 is 1.62. The lowest BCUT2D eigenvalue weighted by Crippen LogP contribution is -2.54. The topological polar surface area (TPSA) is 160 Å². The van der Waals surface area contributed by atoms with Crippen LogP contribution in [0.25, 0.3) is 0 Å². The highest BCUT2D eigenvalue weighted by Gasteiger charge is 2.44. The molecule has 0 aliphatic carbocycles. The van der Waals surface area contributed by atoms with Crippen LogP contribution in [-0.2, 0) is 32.1 Å². The second kappa shape index (κ2) is 9.87. The van der Waals surface area contributed by atoms with Gasteiger partial charge in [-0.15, -0.1) is 0 Å². The van der Waals surface area contributed by atoms with E-state index in [0.717, 1.165) is 10.5 Å². The first kappa shape index (κ1) is 23.8. The van der Waals surface area contributed by atoms with E-state index < -0.39 is 41.5 Å². The van der Waals surface area contributed by atoms with Crippen LogP contribution in [0.1, 0.15) is 52.5 Å². The highest BCUT2D eigenvalue weighted by atomic mass is 16.2. The number of rotatable bonds is 7. The molecule has 2 aliphatic rings. The first-order chi connectivity index (χ1) is 16.8. The predicted octanol–water partition coefficient (Wildman–Crippen LogP) is -0.00830. The summed E-state index contributed by atoms with van der Waals surface area (Å²) in [7, 11) is 0. The molecule has 12 nitrogen and oxygen atoms in total. The summed E-state index contributed by atoms with van der Waals surface area (Å²) >= 11 is 0. The molecule has 3 heterocycles. The Bertz CT molecular complexity index is 1230. The third-order valence-electron chi connectivity index (χ3n) is 5.84. The summed E-state index contributed by atoms with van der Waals surface area (Å²) in [6.45, 7) is 2.76. The Morgan fingerprint density at radius 1 is 1.09 bits per heavy atom. The normalized spacial score (nSPS) is 17.3. The van der Waals surface area contributed by atoms with Gasteiger partial charge in [0.15, 0.2) is 5.82 Å². The van der Waals surface area contributed by atoms with Gasteiger partial charge in [0.05, 0.1) is 11.1 Å². The number of benzene rings is 1. The number of fused-ring (bicyclic) bond motifs is 1. The van der Waals surface area contributed by atoms with Crippen molar-refractivity contribution in [1.29, 1.82) is 0 Å². The van der Waals surface area contributed by atoms with Gasteiger partial charge >= 0.3 is 11.8 Å². The van der Waals surface area contributed by atoms with Gasteiger partial charge in [0.25, 0.3) is 11.8 Å². The van der Waals surface area contributed by atoms with Crippen molar-refractivity contribution < 1.29 is 28.8 Å². The fourth-order valence-corrected chi connectivity index (χ4v) is 4.03. The number of aromatic nitrogens is 2. The fourth-order valence-electron chi connectivity index (χ4n) is 4.03. The number of piperidine rings is 1. The SMILES string of the molecule is CCn1ccc(NC(=O)C(=O)NCCCc2ccc3c(c2)C(=O)N(C2CCC(=O)NC2=O)C3=O)n1. The van der Waals surface area contributed by atoms with E-state index in [2.05, 4.69) is 21.0 Å². The summed E-state index contributed by atoms with van der Waals surface area (Å²) in [6.07, 6.45) is 2.81. The van der Waals surface area contributed by atoms with Crippen molar-refractivity contribution in [2.24, 2.45) is 0 Å². The number of amides is 6. The molecule has 1 aromatic heterocycles. The van der Waals surface area contributed by atoms with Crippen molar-refractivity contribution in [1.82, 2.24) is 25.3 Å². The van der Waals surface area contributed by atoms with Gasteiger partial charge in [-0.2, -0.15) is 5.10 Å². The molecule has 1 atom stereocenters. The molecule has 1 aromatic carbocycles. The smallest absolute Gasteiger partial charge is 0.314 e. The first-order valence-electron chi connectivity index (χ1n) is 11.3. The summed E-state index contributed by atoms with van der Waals surface area (Å²) in [4.78, 5) is 74.1. The predicted molar refractivity (Wildman–Crippen MR) is 121 cm³/mol. The summed E-state index contributed by atoms with van der Waals surface area (Å²) in [5, 5.41) is 11.2. The van der Waals surface area contributed by atoms with Crippen LogP contribution in [-0.4, -0.2) is 62.7 Å². The number of nitrogens with one attached hydrogen (secondary N) is 3. The van der Waals surface area contributed by atoms with Gasteiger partial charge in [-0.05, 0) is 43.9 Å². The number of imide groups is 2. The molecule has 3 N–H and O–H groups in total. The average Bonchev–Trinajstić information content (AvgIpc) is 3.39. The van der Waals surface area contributed by atoms with Gasteiger partial charge in [0.1, 0.15) is 6.04 Å². The summed E-state index contributed by atoms with van der Waals surface area (Å²) in [5.41, 5.74) is 1.17. The minimum absolute atomic E-state index is 0.0564. The highest BCUT2D eigenvalue weighted by Crippen LogP contribution is 2.28. The van der Waals surface area contributed by atoms with Gasteiger partial charge in [0.2, 0.25) is 11.8 Å². The van der Waals surface area contributed by atoms with E-state index in [0.29, 0.717) is 19.4 Å². The van der Waals surface area contributed by atoms with Crippen LogP contribution in [0.2, 0.25) is 0 Å². The number of aryl methyl sites for hydroxylation is 2. The molecule has 1 unspecified atom stereocenters. The Balaban J connectivity index is 1.29. The van der Waals surface area contributed by atoms with Gasteiger partial charge in [0, 0.05) is 31.8 Å². The lowest BCUT2D eigenvalue weighted by molar-refractivity contribution is -0.136. The van der Waals surface area contributed by atoms with Crippen LogP contribution in [0.4, 0.5) is 5.82 Å². The molecule has 0 saturated carbocycles. The largest absolute Gasteiger partial charge is 0.348 e. The second-order valence-corrected chi connectivity index (χ2v) is 8.20. The Morgan fingerprint density at radius 2 is 1.86 bits per heavy atom. The maximum absolute atomic E-state index is 12.9. The van der Waals surface area contributed by atoms with E-state index >= 15 is 0 Å². The number of carbonyl (C=O) groups is 6. The Labute approximate surface area is 200 Å². The molecule has 1 saturated heterocycles. The zero-order valence-electron chi connectivity index (χ0n) is 19.0. The summed E-state index contributed by atoms with van der Waals surface area (Å²) in [6, 6.07) is 5.42. The van der Waals surface area contributed by atoms with Crippen molar-refractivity contribution in [3.8, 4) is 0 Å². The Kier molecular flexibility index (Phi) is 6.71. The van der Waals surface area contributed by atoms with Crippen LogP contribution in [0, 0.1) is 0 Å². The molecule has 2 aliphatic heterocycles. The van der Waals surface area contributed by atoms with Crippen LogP contribution in [0.15, 0.2) is 30.5 Å². The maximum atomic E-state index is 12.9. The zero-order chi connectivity index (χ0) is 25.1. The Hall–Kier alpha value is -4.35. The third-order valence-corrected chi connectivity index (χ3v) is 5.84. The molecule has 182 valence electrons. The quantitative estimate of drug-likeness (QED) is 0.285. The van der Waals surface area contributed by atoms with Crippen LogP contribution in [0.5, 0.6) is 0 Å². The molecule has 35 heavy (non-hydrogen) atoms. The molecule has 4 rings (SSSR count). The monoisotopic (exact) mass is 480 g/mol. The molecule has 0 radical (unpaired) electrons. The molecule has 1 fully saturated rings. The number of carbonyl (C=O) groups excluding carboxylic acids is 6. The van der Waals surface area contributed by atoms with Gasteiger partial charge < -0.3 is 10.6 Å². The summed E-state index contributed by atoms with van der Waals surface area (Å²) in [5.74, 6) is -3.54. The molecule has 2 aromatic rings. The number of hydrogen-bond acceptors (Lipinski definition) is 7. The average molecular weight is 480 g/mol. The molecule has 12 heteroatoms. The van der Waals surface area contributed by atoms with E-state index in [4.69, 9.17) is 0 Å². The van der Waals surface area contributed by atoms with Crippen molar-refractivity contribution >= 4 is 41.3 Å². The Morgan fingerprint density at radius 3 is 2.57 bits per heavy atom. The number of anilines is 1. The minimum Gasteiger partial charge on any atom is -0.348 e. The van der Waals surface area contributed by atoms with E-state index in [1.165, 1.54) is 6.07 Å². The maximum Gasteiger partial charge on any atom is 0.314 e. The zero-order valence-corrected chi connectivity index (χ0v) is 19.0. The highest BCUT2D eigenvalue weighted by molar-refractivity contribution is 6.39. The van der Waals surface area contributed by atoms with Crippen molar-refractivity contribution in [3.63, 3.8) is 0 Å². The molecule has 0 spiro atoms. The fraction of sp³-hybridized carbons (Fsp3) is 0.348. The van der Waals surface area contributed by atoms with Gasteiger partial charge in [-0.3, -0.25) is 43.7 Å². The van der Waals surface area contributed by atoms with Crippen LogP contribution < -0.4 is 16.0 Å². The van der Waals surface area contributed by atoms with E-state index in [1.807, 2.05) is 6.92 Å². The third kappa shape index (κ3) is 4.95. The number of nitrogens with zero attached hydrogens (tertiary/aromatic N) is 3. The standard InChI is InChI=1S/C23H24N6O6/c1-2-28-11-9-17(27-28)25-21(33)20(32)24-10-3-4-13-5-6-14-15(12-13)23(35)29(22(14)34)16-7-8-18(30)26-19(16)31/h5-6,9,11-12,16H,2-4,7-8,10H2,1H3,(H,24,32)(H,25,27,33)(H,26,30,31). The molecular formula is C23H24N6O6. The number of hydrogen-bond donors (Lipinski definition) is 3. The van der Waals surface area contributed by atoms with E-state index in [-0.39, 0.29) is 36.3 Å². The molecular weight excluding hydrogens is 456 g/mol. The van der Waals surface area contributed by atoms with Crippen molar-refractivity contribution in [2.75, 3.05) is 11.9 Å². The minimum atomic E-state index is -1.01. The first-order valence-corrected chi connectivity index (χ1v) is 11.3. The van der Waals surface area contributed by atoms with Crippen molar-refractivity contribution in [2.45, 2.75) is 45.2 Å².